The summed E-state index contributed by atoms with van der Waals surface area (Å²) in [5.41, 5.74) is 2.77. The molecule has 6 heteroatoms. The SMILES string of the molecule is Cc1ccc(C(=O)NCC2CCCNC2)cc1NC(=O)Nc1ccccc1. The molecule has 27 heavy (non-hydrogen) atoms. The fourth-order valence-electron chi connectivity index (χ4n) is 3.14. The van der Waals surface area contributed by atoms with E-state index < -0.39 is 0 Å². The molecule has 0 aliphatic carbocycles. The number of anilines is 2. The summed E-state index contributed by atoms with van der Waals surface area (Å²) in [4.78, 5) is 24.7. The molecule has 2 aromatic rings. The van der Waals surface area contributed by atoms with E-state index in [1.54, 1.807) is 12.1 Å². The van der Waals surface area contributed by atoms with Crippen LogP contribution in [-0.4, -0.2) is 31.6 Å². The average Bonchev–Trinajstić information content (AvgIpc) is 2.69. The van der Waals surface area contributed by atoms with Crippen LogP contribution in [-0.2, 0) is 0 Å². The van der Waals surface area contributed by atoms with Gasteiger partial charge >= 0.3 is 6.03 Å². The second-order valence-corrected chi connectivity index (χ2v) is 6.90. The highest BCUT2D eigenvalue weighted by atomic mass is 16.2. The molecule has 142 valence electrons. The van der Waals surface area contributed by atoms with Crippen LogP contribution in [0.3, 0.4) is 0 Å². The molecule has 0 radical (unpaired) electrons. The zero-order valence-electron chi connectivity index (χ0n) is 15.5. The predicted octanol–water partition coefficient (Wildman–Crippen LogP) is 3.37. The lowest BCUT2D eigenvalue weighted by atomic mass is 9.99. The van der Waals surface area contributed by atoms with Crippen LogP contribution < -0.4 is 21.3 Å². The van der Waals surface area contributed by atoms with Gasteiger partial charge in [-0.15, -0.1) is 0 Å². The number of carbonyl (C=O) groups is 2. The van der Waals surface area contributed by atoms with Gasteiger partial charge in [0.25, 0.3) is 5.91 Å². The topological polar surface area (TPSA) is 82.3 Å². The second kappa shape index (κ2) is 9.19. The summed E-state index contributed by atoms with van der Waals surface area (Å²) in [6.45, 7) is 4.56. The van der Waals surface area contributed by atoms with Crippen LogP contribution in [0.1, 0.15) is 28.8 Å². The minimum atomic E-state index is -0.338. The monoisotopic (exact) mass is 366 g/mol. The molecule has 1 atom stereocenters. The first-order valence-electron chi connectivity index (χ1n) is 9.34. The van der Waals surface area contributed by atoms with Gasteiger partial charge in [0.2, 0.25) is 0 Å². The Morgan fingerprint density at radius 2 is 1.93 bits per heavy atom. The molecular weight excluding hydrogens is 340 g/mol. The molecule has 1 unspecified atom stereocenters. The number of amides is 3. The highest BCUT2D eigenvalue weighted by molar-refractivity contribution is 6.02. The van der Waals surface area contributed by atoms with E-state index in [2.05, 4.69) is 21.3 Å². The lowest BCUT2D eigenvalue weighted by molar-refractivity contribution is 0.0945. The highest BCUT2D eigenvalue weighted by Gasteiger charge is 2.15. The Bertz CT molecular complexity index is 786. The molecular formula is C21H26N4O2. The van der Waals surface area contributed by atoms with Gasteiger partial charge in [-0.3, -0.25) is 4.79 Å². The van der Waals surface area contributed by atoms with Crippen molar-refractivity contribution < 1.29 is 9.59 Å². The number of urea groups is 1. The number of aryl methyl sites for hydroxylation is 1. The van der Waals surface area contributed by atoms with Gasteiger partial charge in [0.15, 0.2) is 0 Å². The number of nitrogens with one attached hydrogen (secondary N) is 4. The van der Waals surface area contributed by atoms with Crippen molar-refractivity contribution in [3.63, 3.8) is 0 Å². The van der Waals surface area contributed by atoms with E-state index in [0.717, 1.165) is 31.5 Å². The minimum Gasteiger partial charge on any atom is -0.352 e. The van der Waals surface area contributed by atoms with E-state index >= 15 is 0 Å². The molecule has 0 saturated carbocycles. The first-order chi connectivity index (χ1) is 13.1. The van der Waals surface area contributed by atoms with Gasteiger partial charge in [-0.1, -0.05) is 24.3 Å². The zero-order valence-corrected chi connectivity index (χ0v) is 15.5. The zero-order chi connectivity index (χ0) is 19.1. The number of carbonyl (C=O) groups excluding carboxylic acids is 2. The van der Waals surface area contributed by atoms with Crippen LogP contribution in [0.25, 0.3) is 0 Å². The van der Waals surface area contributed by atoms with Crippen molar-refractivity contribution in [3.8, 4) is 0 Å². The van der Waals surface area contributed by atoms with E-state index in [1.165, 1.54) is 0 Å². The lowest BCUT2D eigenvalue weighted by Gasteiger charge is -2.23. The van der Waals surface area contributed by atoms with Crippen LogP contribution in [0.5, 0.6) is 0 Å². The van der Waals surface area contributed by atoms with Crippen molar-refractivity contribution in [3.05, 3.63) is 59.7 Å². The Morgan fingerprint density at radius 3 is 2.67 bits per heavy atom. The summed E-state index contributed by atoms with van der Waals surface area (Å²) in [6, 6.07) is 14.2. The molecule has 1 aliphatic rings. The van der Waals surface area contributed by atoms with Gasteiger partial charge in [-0.2, -0.15) is 0 Å². The summed E-state index contributed by atoms with van der Waals surface area (Å²) in [7, 11) is 0. The molecule has 2 aromatic carbocycles. The fourth-order valence-corrected chi connectivity index (χ4v) is 3.14. The van der Waals surface area contributed by atoms with Crippen LogP contribution >= 0.6 is 0 Å². The summed E-state index contributed by atoms with van der Waals surface area (Å²) < 4.78 is 0. The van der Waals surface area contributed by atoms with E-state index in [-0.39, 0.29) is 11.9 Å². The molecule has 0 spiro atoms. The normalized spacial score (nSPS) is 16.4. The third kappa shape index (κ3) is 5.56. The maximum Gasteiger partial charge on any atom is 0.323 e. The van der Waals surface area contributed by atoms with Gasteiger partial charge in [-0.05, 0) is 68.6 Å². The molecule has 1 saturated heterocycles. The highest BCUT2D eigenvalue weighted by Crippen LogP contribution is 2.18. The minimum absolute atomic E-state index is 0.118. The standard InChI is InChI=1S/C21H26N4O2/c1-15-9-10-17(20(26)23-14-16-6-5-11-22-13-16)12-19(15)25-21(27)24-18-7-3-2-4-8-18/h2-4,7-10,12,16,22H,5-6,11,13-14H2,1H3,(H,23,26)(H2,24,25,27). The summed E-state index contributed by atoms with van der Waals surface area (Å²) in [5, 5.41) is 11.9. The van der Waals surface area contributed by atoms with Crippen LogP contribution in [0, 0.1) is 12.8 Å². The summed E-state index contributed by atoms with van der Waals surface area (Å²) in [6.07, 6.45) is 2.28. The quantitative estimate of drug-likeness (QED) is 0.655. The molecule has 0 aromatic heterocycles. The molecule has 3 amide bonds. The molecule has 0 bridgehead atoms. The van der Waals surface area contributed by atoms with E-state index in [0.29, 0.717) is 29.4 Å². The second-order valence-electron chi connectivity index (χ2n) is 6.90. The molecule has 1 aliphatic heterocycles. The summed E-state index contributed by atoms with van der Waals surface area (Å²) in [5.74, 6) is 0.356. The molecule has 4 N–H and O–H groups in total. The smallest absolute Gasteiger partial charge is 0.323 e. The third-order valence-corrected chi connectivity index (χ3v) is 4.73. The van der Waals surface area contributed by atoms with Crippen LogP contribution in [0.2, 0.25) is 0 Å². The van der Waals surface area contributed by atoms with Crippen molar-refractivity contribution >= 4 is 23.3 Å². The molecule has 6 nitrogen and oxygen atoms in total. The Labute approximate surface area is 159 Å². The number of rotatable bonds is 5. The average molecular weight is 366 g/mol. The van der Waals surface area contributed by atoms with Crippen LogP contribution in [0.15, 0.2) is 48.5 Å². The Balaban J connectivity index is 1.59. The van der Waals surface area contributed by atoms with Gasteiger partial charge in [0.1, 0.15) is 0 Å². The number of piperidine rings is 1. The van der Waals surface area contributed by atoms with Crippen molar-refractivity contribution in [2.75, 3.05) is 30.3 Å². The Hall–Kier alpha value is -2.86. The largest absolute Gasteiger partial charge is 0.352 e. The maximum atomic E-state index is 12.5. The number of hydrogen-bond donors (Lipinski definition) is 4. The van der Waals surface area contributed by atoms with Gasteiger partial charge < -0.3 is 21.3 Å². The van der Waals surface area contributed by atoms with Crippen molar-refractivity contribution in [1.29, 1.82) is 0 Å². The van der Waals surface area contributed by atoms with Gasteiger partial charge in [0.05, 0.1) is 0 Å². The van der Waals surface area contributed by atoms with E-state index in [1.807, 2.05) is 43.3 Å². The Morgan fingerprint density at radius 1 is 1.11 bits per heavy atom. The number of hydrogen-bond acceptors (Lipinski definition) is 3. The van der Waals surface area contributed by atoms with E-state index in [9.17, 15) is 9.59 Å². The number of benzene rings is 2. The first-order valence-corrected chi connectivity index (χ1v) is 9.34. The maximum absolute atomic E-state index is 12.5. The van der Waals surface area contributed by atoms with Crippen LogP contribution in [0.4, 0.5) is 16.2 Å². The van der Waals surface area contributed by atoms with Crippen molar-refractivity contribution in [1.82, 2.24) is 10.6 Å². The number of para-hydroxylation sites is 1. The molecule has 1 heterocycles. The van der Waals surface area contributed by atoms with Crippen molar-refractivity contribution in [2.45, 2.75) is 19.8 Å². The Kier molecular flexibility index (Phi) is 6.44. The fraction of sp³-hybridized carbons (Fsp3) is 0.333. The lowest BCUT2D eigenvalue weighted by Crippen LogP contribution is -2.38. The van der Waals surface area contributed by atoms with Gasteiger partial charge in [0, 0.05) is 23.5 Å². The molecule has 3 rings (SSSR count). The van der Waals surface area contributed by atoms with E-state index in [4.69, 9.17) is 0 Å². The van der Waals surface area contributed by atoms with Gasteiger partial charge in [-0.25, -0.2) is 4.79 Å². The first kappa shape index (κ1) is 18.9. The molecule has 1 fully saturated rings. The van der Waals surface area contributed by atoms with Crippen molar-refractivity contribution in [2.24, 2.45) is 5.92 Å². The summed E-state index contributed by atoms with van der Waals surface area (Å²) >= 11 is 0. The third-order valence-electron chi connectivity index (χ3n) is 4.73. The predicted molar refractivity (Wildman–Crippen MR) is 108 cm³/mol.